The molecule has 2 rings (SSSR count). The molecule has 1 saturated heterocycles. The van der Waals surface area contributed by atoms with E-state index >= 15 is 0 Å². The van der Waals surface area contributed by atoms with E-state index in [-0.39, 0.29) is 12.1 Å². The van der Waals surface area contributed by atoms with Gasteiger partial charge in [-0.1, -0.05) is 12.1 Å². The van der Waals surface area contributed by atoms with Gasteiger partial charge in [-0.2, -0.15) is 0 Å². The van der Waals surface area contributed by atoms with Crippen molar-refractivity contribution in [2.24, 2.45) is 0 Å². The SMILES string of the molecule is CCOC(=O)Cc1ccc(N2CC[C@H](O)C2)cc1. The fourth-order valence-corrected chi connectivity index (χ4v) is 2.18. The lowest BCUT2D eigenvalue weighted by Gasteiger charge is -2.17. The van der Waals surface area contributed by atoms with Gasteiger partial charge in [-0.15, -0.1) is 0 Å². The molecule has 0 aromatic heterocycles. The molecule has 1 N–H and O–H groups in total. The monoisotopic (exact) mass is 249 g/mol. The summed E-state index contributed by atoms with van der Waals surface area (Å²) in [5.41, 5.74) is 2.05. The van der Waals surface area contributed by atoms with E-state index in [0.29, 0.717) is 19.6 Å². The second-order valence-electron chi connectivity index (χ2n) is 4.54. The first-order valence-electron chi connectivity index (χ1n) is 6.36. The molecule has 18 heavy (non-hydrogen) atoms. The molecule has 1 aromatic rings. The molecule has 0 saturated carbocycles. The van der Waals surface area contributed by atoms with Crippen LogP contribution in [0, 0.1) is 0 Å². The average molecular weight is 249 g/mol. The maximum absolute atomic E-state index is 11.3. The van der Waals surface area contributed by atoms with Crippen LogP contribution in [-0.4, -0.2) is 36.9 Å². The van der Waals surface area contributed by atoms with E-state index in [9.17, 15) is 9.90 Å². The van der Waals surface area contributed by atoms with Crippen molar-refractivity contribution in [2.75, 3.05) is 24.6 Å². The van der Waals surface area contributed by atoms with Gasteiger partial charge < -0.3 is 14.7 Å². The predicted molar refractivity (Wildman–Crippen MR) is 69.6 cm³/mol. The number of anilines is 1. The summed E-state index contributed by atoms with van der Waals surface area (Å²) in [5.74, 6) is -0.193. The summed E-state index contributed by atoms with van der Waals surface area (Å²) >= 11 is 0. The molecule has 1 heterocycles. The number of hydrogen-bond acceptors (Lipinski definition) is 4. The van der Waals surface area contributed by atoms with Crippen molar-refractivity contribution in [2.45, 2.75) is 25.9 Å². The molecule has 4 nitrogen and oxygen atoms in total. The maximum atomic E-state index is 11.3. The molecule has 1 aliphatic heterocycles. The van der Waals surface area contributed by atoms with Gasteiger partial charge in [0, 0.05) is 18.8 Å². The maximum Gasteiger partial charge on any atom is 0.310 e. The van der Waals surface area contributed by atoms with Crippen molar-refractivity contribution in [3.05, 3.63) is 29.8 Å². The van der Waals surface area contributed by atoms with Crippen LogP contribution in [-0.2, 0) is 16.0 Å². The van der Waals surface area contributed by atoms with Crippen molar-refractivity contribution in [1.29, 1.82) is 0 Å². The topological polar surface area (TPSA) is 49.8 Å². The minimum Gasteiger partial charge on any atom is -0.466 e. The lowest BCUT2D eigenvalue weighted by molar-refractivity contribution is -0.142. The highest BCUT2D eigenvalue weighted by Crippen LogP contribution is 2.20. The number of aliphatic hydroxyl groups is 1. The number of β-amino-alcohol motifs (C(OH)–C–C–N with tert-alkyl or cyclic N) is 1. The van der Waals surface area contributed by atoms with Crippen molar-refractivity contribution >= 4 is 11.7 Å². The third kappa shape index (κ3) is 3.23. The van der Waals surface area contributed by atoms with Crippen LogP contribution in [0.2, 0.25) is 0 Å². The number of rotatable bonds is 4. The first kappa shape index (κ1) is 12.9. The Kier molecular flexibility index (Phi) is 4.20. The van der Waals surface area contributed by atoms with Gasteiger partial charge in [0.15, 0.2) is 0 Å². The van der Waals surface area contributed by atoms with E-state index in [1.807, 2.05) is 24.3 Å². The molecule has 1 fully saturated rings. The first-order valence-corrected chi connectivity index (χ1v) is 6.36. The summed E-state index contributed by atoms with van der Waals surface area (Å²) in [7, 11) is 0. The number of ether oxygens (including phenoxy) is 1. The smallest absolute Gasteiger partial charge is 0.310 e. The highest BCUT2D eigenvalue weighted by molar-refractivity contribution is 5.72. The predicted octanol–water partition coefficient (Wildman–Crippen LogP) is 1.36. The third-order valence-electron chi connectivity index (χ3n) is 3.12. The summed E-state index contributed by atoms with van der Waals surface area (Å²) in [6.07, 6.45) is 0.922. The van der Waals surface area contributed by atoms with Crippen molar-refractivity contribution in [3.63, 3.8) is 0 Å². The number of benzene rings is 1. The Hall–Kier alpha value is -1.55. The second-order valence-corrected chi connectivity index (χ2v) is 4.54. The molecule has 0 aliphatic carbocycles. The second kappa shape index (κ2) is 5.87. The van der Waals surface area contributed by atoms with Crippen LogP contribution in [0.3, 0.4) is 0 Å². The molecular formula is C14H19NO3. The average Bonchev–Trinajstić information content (AvgIpc) is 2.77. The third-order valence-corrected chi connectivity index (χ3v) is 3.12. The van der Waals surface area contributed by atoms with Crippen LogP contribution < -0.4 is 4.90 Å². The Morgan fingerprint density at radius 1 is 1.44 bits per heavy atom. The molecule has 1 aromatic carbocycles. The molecule has 98 valence electrons. The summed E-state index contributed by atoms with van der Waals surface area (Å²) in [6.45, 7) is 3.80. The van der Waals surface area contributed by atoms with E-state index in [1.165, 1.54) is 0 Å². The minimum atomic E-state index is -0.218. The lowest BCUT2D eigenvalue weighted by Crippen LogP contribution is -2.21. The first-order chi connectivity index (χ1) is 8.69. The number of carbonyl (C=O) groups is 1. The van der Waals surface area contributed by atoms with Gasteiger partial charge >= 0.3 is 5.97 Å². The number of nitrogens with zero attached hydrogens (tertiary/aromatic N) is 1. The van der Waals surface area contributed by atoms with Gasteiger partial charge in [0.1, 0.15) is 0 Å². The number of hydrogen-bond donors (Lipinski definition) is 1. The van der Waals surface area contributed by atoms with Gasteiger partial charge in [-0.3, -0.25) is 4.79 Å². The summed E-state index contributed by atoms with van der Waals surface area (Å²) in [6, 6.07) is 7.87. The van der Waals surface area contributed by atoms with Crippen molar-refractivity contribution < 1.29 is 14.6 Å². The highest BCUT2D eigenvalue weighted by atomic mass is 16.5. The van der Waals surface area contributed by atoms with Gasteiger partial charge in [0.2, 0.25) is 0 Å². The lowest BCUT2D eigenvalue weighted by atomic mass is 10.1. The standard InChI is InChI=1S/C14H19NO3/c1-2-18-14(17)9-11-3-5-12(6-4-11)15-8-7-13(16)10-15/h3-6,13,16H,2,7-10H2,1H3/t13-/m0/s1. The molecule has 1 aliphatic rings. The zero-order valence-electron chi connectivity index (χ0n) is 10.6. The van der Waals surface area contributed by atoms with E-state index in [1.54, 1.807) is 6.92 Å². The van der Waals surface area contributed by atoms with E-state index in [2.05, 4.69) is 4.90 Å². The summed E-state index contributed by atoms with van der Waals surface area (Å²) in [5, 5.41) is 9.49. The van der Waals surface area contributed by atoms with Gasteiger partial charge in [-0.25, -0.2) is 0 Å². The fraction of sp³-hybridized carbons (Fsp3) is 0.500. The summed E-state index contributed by atoms with van der Waals surface area (Å²) < 4.78 is 4.91. The minimum absolute atomic E-state index is 0.193. The highest BCUT2D eigenvalue weighted by Gasteiger charge is 2.20. The van der Waals surface area contributed by atoms with Crippen LogP contribution in [0.1, 0.15) is 18.9 Å². The van der Waals surface area contributed by atoms with Crippen LogP contribution >= 0.6 is 0 Å². The Labute approximate surface area is 107 Å². The summed E-state index contributed by atoms with van der Waals surface area (Å²) in [4.78, 5) is 13.5. The van der Waals surface area contributed by atoms with Gasteiger partial charge in [0.25, 0.3) is 0 Å². The van der Waals surface area contributed by atoms with Crippen molar-refractivity contribution in [3.8, 4) is 0 Å². The van der Waals surface area contributed by atoms with Gasteiger partial charge in [-0.05, 0) is 31.0 Å². The van der Waals surface area contributed by atoms with E-state index in [0.717, 1.165) is 24.2 Å². The molecule has 0 spiro atoms. The molecule has 0 unspecified atom stereocenters. The van der Waals surface area contributed by atoms with Crippen LogP contribution in [0.15, 0.2) is 24.3 Å². The van der Waals surface area contributed by atoms with Crippen LogP contribution in [0.5, 0.6) is 0 Å². The number of aliphatic hydroxyl groups excluding tert-OH is 1. The molecule has 0 amide bonds. The van der Waals surface area contributed by atoms with Crippen LogP contribution in [0.25, 0.3) is 0 Å². The zero-order valence-corrected chi connectivity index (χ0v) is 10.6. The molecule has 4 heteroatoms. The Balaban J connectivity index is 1.95. The molecular weight excluding hydrogens is 230 g/mol. The van der Waals surface area contributed by atoms with Crippen molar-refractivity contribution in [1.82, 2.24) is 0 Å². The zero-order chi connectivity index (χ0) is 13.0. The Bertz CT molecular complexity index is 402. The number of esters is 1. The number of carbonyl (C=O) groups excluding carboxylic acids is 1. The largest absolute Gasteiger partial charge is 0.466 e. The van der Waals surface area contributed by atoms with E-state index < -0.39 is 0 Å². The molecule has 0 radical (unpaired) electrons. The Morgan fingerprint density at radius 3 is 2.72 bits per heavy atom. The normalized spacial score (nSPS) is 19.0. The molecule has 1 atom stereocenters. The quantitative estimate of drug-likeness (QED) is 0.819. The fourth-order valence-electron chi connectivity index (χ4n) is 2.18. The van der Waals surface area contributed by atoms with E-state index in [4.69, 9.17) is 4.74 Å². The van der Waals surface area contributed by atoms with Crippen LogP contribution in [0.4, 0.5) is 5.69 Å². The van der Waals surface area contributed by atoms with Gasteiger partial charge in [0.05, 0.1) is 19.1 Å². The Morgan fingerprint density at radius 2 is 2.17 bits per heavy atom. The molecule has 0 bridgehead atoms.